The van der Waals surface area contributed by atoms with Crippen molar-refractivity contribution in [1.82, 2.24) is 0 Å². The highest BCUT2D eigenvalue weighted by molar-refractivity contribution is 7.94. The molecule has 1 heterocycles. The van der Waals surface area contributed by atoms with Gasteiger partial charge in [0.25, 0.3) is 0 Å². The highest BCUT2D eigenvalue weighted by Crippen LogP contribution is 2.53. The molecule has 2 fully saturated rings. The SMILES string of the molecule is O=C1[C@@H]2[C@@H]([C@@H]3C=C[C@H]2C3)S(=O)(=O)N1c1cccc(Cl)c1F. The molecule has 1 saturated carbocycles. The Kier molecular flexibility index (Phi) is 2.58. The topological polar surface area (TPSA) is 54.5 Å². The molecule has 4 nitrogen and oxygen atoms in total. The zero-order valence-corrected chi connectivity index (χ0v) is 12.3. The third kappa shape index (κ3) is 1.54. The van der Waals surface area contributed by atoms with Gasteiger partial charge in [0.1, 0.15) is 0 Å². The van der Waals surface area contributed by atoms with Crippen molar-refractivity contribution in [2.45, 2.75) is 11.7 Å². The van der Waals surface area contributed by atoms with Crippen molar-refractivity contribution in [2.75, 3.05) is 4.31 Å². The lowest BCUT2D eigenvalue weighted by Crippen LogP contribution is -2.34. The van der Waals surface area contributed by atoms with Crippen LogP contribution < -0.4 is 4.31 Å². The summed E-state index contributed by atoms with van der Waals surface area (Å²) in [6.07, 6.45) is 4.44. The summed E-state index contributed by atoms with van der Waals surface area (Å²) in [5, 5.41) is -0.966. The minimum absolute atomic E-state index is 0.0606. The van der Waals surface area contributed by atoms with Gasteiger partial charge in [0.05, 0.1) is 21.9 Å². The molecule has 1 aliphatic heterocycles. The number of carbonyl (C=O) groups excluding carboxylic acids is 1. The molecular formula is C14H11ClFNO3S. The Hall–Kier alpha value is -1.40. The molecule has 1 saturated heterocycles. The summed E-state index contributed by atoms with van der Waals surface area (Å²) >= 11 is 5.70. The average molecular weight is 328 g/mol. The Morgan fingerprint density at radius 2 is 1.95 bits per heavy atom. The Balaban J connectivity index is 1.89. The first kappa shape index (κ1) is 13.3. The Labute approximate surface area is 126 Å². The maximum Gasteiger partial charge on any atom is 0.246 e. The Bertz CT molecular complexity index is 791. The van der Waals surface area contributed by atoms with Gasteiger partial charge in [-0.2, -0.15) is 0 Å². The van der Waals surface area contributed by atoms with Crippen LogP contribution in [0.25, 0.3) is 0 Å². The Morgan fingerprint density at radius 1 is 1.24 bits per heavy atom. The number of fused-ring (bicyclic) bond motifs is 5. The van der Waals surface area contributed by atoms with Crippen LogP contribution in [0.1, 0.15) is 6.42 Å². The number of nitrogens with zero attached hydrogens (tertiary/aromatic N) is 1. The van der Waals surface area contributed by atoms with Gasteiger partial charge in [-0.25, -0.2) is 17.1 Å². The third-order valence-electron chi connectivity index (χ3n) is 4.62. The van der Waals surface area contributed by atoms with Gasteiger partial charge in [0, 0.05) is 0 Å². The largest absolute Gasteiger partial charge is 0.273 e. The van der Waals surface area contributed by atoms with Crippen molar-refractivity contribution in [1.29, 1.82) is 0 Å². The predicted molar refractivity (Wildman–Crippen MR) is 75.8 cm³/mol. The van der Waals surface area contributed by atoms with E-state index in [1.165, 1.54) is 18.2 Å². The van der Waals surface area contributed by atoms with Crippen molar-refractivity contribution in [3.63, 3.8) is 0 Å². The van der Waals surface area contributed by atoms with Gasteiger partial charge < -0.3 is 0 Å². The number of allylic oxidation sites excluding steroid dienone is 2. The lowest BCUT2D eigenvalue weighted by molar-refractivity contribution is -0.120. The van der Waals surface area contributed by atoms with E-state index in [1.54, 1.807) is 0 Å². The van der Waals surface area contributed by atoms with Gasteiger partial charge in [-0.3, -0.25) is 4.79 Å². The van der Waals surface area contributed by atoms with Crippen LogP contribution in [0.2, 0.25) is 5.02 Å². The van der Waals surface area contributed by atoms with E-state index in [1.807, 2.05) is 12.2 Å². The summed E-state index contributed by atoms with van der Waals surface area (Å²) in [5.41, 5.74) is -0.277. The van der Waals surface area contributed by atoms with Gasteiger partial charge in [-0.05, 0) is 30.4 Å². The monoisotopic (exact) mass is 327 g/mol. The summed E-state index contributed by atoms with van der Waals surface area (Å²) in [6, 6.07) is 4.02. The van der Waals surface area contributed by atoms with E-state index in [0.29, 0.717) is 10.7 Å². The molecule has 0 spiro atoms. The lowest BCUT2D eigenvalue weighted by atomic mass is 9.92. The van der Waals surface area contributed by atoms with E-state index in [0.717, 1.165) is 0 Å². The first-order chi connectivity index (χ1) is 9.93. The van der Waals surface area contributed by atoms with Gasteiger partial charge in [0.2, 0.25) is 15.9 Å². The molecule has 4 rings (SSSR count). The highest BCUT2D eigenvalue weighted by Gasteiger charge is 2.63. The number of sulfonamides is 1. The van der Waals surface area contributed by atoms with Crippen molar-refractivity contribution in [3.05, 3.63) is 41.2 Å². The molecule has 0 aromatic heterocycles. The summed E-state index contributed by atoms with van der Waals surface area (Å²) in [4.78, 5) is 12.6. The normalized spacial score (nSPS) is 35.5. The molecule has 0 radical (unpaired) electrons. The maximum atomic E-state index is 14.2. The quantitative estimate of drug-likeness (QED) is 0.744. The van der Waals surface area contributed by atoms with E-state index in [9.17, 15) is 17.6 Å². The molecule has 3 aliphatic rings. The van der Waals surface area contributed by atoms with E-state index in [4.69, 9.17) is 11.6 Å². The number of hydrogen-bond acceptors (Lipinski definition) is 3. The van der Waals surface area contributed by atoms with E-state index in [-0.39, 0.29) is 22.5 Å². The van der Waals surface area contributed by atoms with Crippen LogP contribution in [0.15, 0.2) is 30.4 Å². The molecule has 110 valence electrons. The summed E-state index contributed by atoms with van der Waals surface area (Å²) in [5.74, 6) is -2.23. The number of anilines is 1. The smallest absolute Gasteiger partial charge is 0.246 e. The fourth-order valence-corrected chi connectivity index (χ4v) is 6.33. The van der Waals surface area contributed by atoms with Crippen LogP contribution in [-0.4, -0.2) is 19.6 Å². The van der Waals surface area contributed by atoms with Crippen molar-refractivity contribution in [3.8, 4) is 0 Å². The second-order valence-corrected chi connectivity index (χ2v) is 8.01. The van der Waals surface area contributed by atoms with Crippen LogP contribution in [-0.2, 0) is 14.8 Å². The Morgan fingerprint density at radius 3 is 2.67 bits per heavy atom. The molecule has 1 aromatic rings. The van der Waals surface area contributed by atoms with Crippen molar-refractivity contribution < 1.29 is 17.6 Å². The molecule has 4 atom stereocenters. The van der Waals surface area contributed by atoms with Gasteiger partial charge >= 0.3 is 0 Å². The van der Waals surface area contributed by atoms with Crippen molar-refractivity contribution in [2.24, 2.45) is 17.8 Å². The minimum Gasteiger partial charge on any atom is -0.273 e. The second-order valence-electron chi connectivity index (χ2n) is 5.66. The third-order valence-corrected chi connectivity index (χ3v) is 7.13. The summed E-state index contributed by atoms with van der Waals surface area (Å²) in [6.45, 7) is 0. The van der Waals surface area contributed by atoms with Crippen LogP contribution in [0.5, 0.6) is 0 Å². The van der Waals surface area contributed by atoms with Gasteiger partial charge in [-0.15, -0.1) is 0 Å². The van der Waals surface area contributed by atoms with E-state index < -0.39 is 32.9 Å². The first-order valence-electron chi connectivity index (χ1n) is 6.63. The van der Waals surface area contributed by atoms with E-state index >= 15 is 0 Å². The zero-order chi connectivity index (χ0) is 14.9. The molecule has 21 heavy (non-hydrogen) atoms. The van der Waals surface area contributed by atoms with Crippen molar-refractivity contribution >= 4 is 33.2 Å². The summed E-state index contributed by atoms with van der Waals surface area (Å²) < 4.78 is 40.2. The molecule has 2 aliphatic carbocycles. The number of amides is 1. The molecule has 7 heteroatoms. The number of hydrogen-bond donors (Lipinski definition) is 0. The number of carbonyl (C=O) groups is 1. The maximum absolute atomic E-state index is 14.2. The first-order valence-corrected chi connectivity index (χ1v) is 8.51. The molecule has 0 unspecified atom stereocenters. The van der Waals surface area contributed by atoms with Crippen LogP contribution in [0, 0.1) is 23.6 Å². The number of benzene rings is 1. The van der Waals surface area contributed by atoms with Crippen LogP contribution in [0.3, 0.4) is 0 Å². The second kappa shape index (κ2) is 4.08. The number of halogens is 2. The summed E-state index contributed by atoms with van der Waals surface area (Å²) in [7, 11) is -3.90. The highest BCUT2D eigenvalue weighted by atomic mass is 35.5. The van der Waals surface area contributed by atoms with E-state index in [2.05, 4.69) is 0 Å². The molecule has 1 aromatic carbocycles. The van der Waals surface area contributed by atoms with Crippen LogP contribution in [0.4, 0.5) is 10.1 Å². The van der Waals surface area contributed by atoms with Crippen LogP contribution >= 0.6 is 11.6 Å². The molecule has 0 N–H and O–H groups in total. The molecular weight excluding hydrogens is 317 g/mol. The molecule has 1 amide bonds. The predicted octanol–water partition coefficient (Wildman–Crippen LogP) is 2.35. The standard InChI is InChI=1S/C14H11ClFNO3S/c15-9-2-1-3-10(12(9)16)17-14(18)11-7-4-5-8(6-7)13(11)21(17,19)20/h1-5,7-8,11,13H,6H2/t7-,8+,11-,13+/m0/s1. The fraction of sp³-hybridized carbons (Fsp3) is 0.357. The average Bonchev–Trinajstić information content (AvgIpc) is 3.08. The molecule has 2 bridgehead atoms. The van der Waals surface area contributed by atoms with Gasteiger partial charge in [-0.1, -0.05) is 29.8 Å². The lowest BCUT2D eigenvalue weighted by Gasteiger charge is -2.19. The number of rotatable bonds is 1. The minimum atomic E-state index is -3.90. The zero-order valence-electron chi connectivity index (χ0n) is 10.7. The van der Waals surface area contributed by atoms with Gasteiger partial charge in [0.15, 0.2) is 5.82 Å². The fourth-order valence-electron chi connectivity index (χ4n) is 3.79.